The maximum Gasteiger partial charge on any atom is 0.134 e. The molecular formula is C8H5Cl5. The van der Waals surface area contributed by atoms with Crippen molar-refractivity contribution in [3.8, 4) is 0 Å². The Bertz CT molecular complexity index is 332. The molecule has 1 aromatic carbocycles. The summed E-state index contributed by atoms with van der Waals surface area (Å²) in [5, 5.41) is 1.01. The van der Waals surface area contributed by atoms with E-state index in [1.54, 1.807) is 6.07 Å². The van der Waals surface area contributed by atoms with Gasteiger partial charge in [0.2, 0.25) is 0 Å². The van der Waals surface area contributed by atoms with Crippen molar-refractivity contribution in [3.63, 3.8) is 0 Å². The molecule has 0 aromatic heterocycles. The fourth-order valence-corrected chi connectivity index (χ4v) is 2.49. The van der Waals surface area contributed by atoms with Gasteiger partial charge in [-0.3, -0.25) is 0 Å². The molecule has 0 spiro atoms. The molecule has 0 unspecified atom stereocenters. The minimum Gasteiger partial charge on any atom is -0.1000 e. The van der Waals surface area contributed by atoms with Crippen molar-refractivity contribution in [1.82, 2.24) is 0 Å². The van der Waals surface area contributed by atoms with Crippen LogP contribution in [-0.2, 0) is 0 Å². The lowest BCUT2D eigenvalue weighted by Crippen LogP contribution is -1.91. The Morgan fingerprint density at radius 3 is 2.08 bits per heavy atom. The third-order valence-corrected chi connectivity index (χ3v) is 3.34. The topological polar surface area (TPSA) is 0 Å². The van der Waals surface area contributed by atoms with Gasteiger partial charge in [0.25, 0.3) is 0 Å². The summed E-state index contributed by atoms with van der Waals surface area (Å²) in [4.78, 5) is -0.692. The molecule has 1 rings (SSSR count). The minimum atomic E-state index is -0.692. The molecule has 13 heavy (non-hydrogen) atoms. The van der Waals surface area contributed by atoms with Crippen LogP contribution in [0.25, 0.3) is 0 Å². The van der Waals surface area contributed by atoms with Gasteiger partial charge in [-0.2, -0.15) is 0 Å². The lowest BCUT2D eigenvalue weighted by molar-refractivity contribution is 1.27. The quantitative estimate of drug-likeness (QED) is 0.474. The van der Waals surface area contributed by atoms with Gasteiger partial charge in [0.15, 0.2) is 0 Å². The molecular weight excluding hydrogens is 273 g/mol. The van der Waals surface area contributed by atoms with Crippen molar-refractivity contribution in [1.29, 1.82) is 0 Å². The number of hydrogen-bond acceptors (Lipinski definition) is 0. The van der Waals surface area contributed by atoms with Gasteiger partial charge in [-0.25, -0.2) is 0 Å². The van der Waals surface area contributed by atoms with Crippen molar-refractivity contribution < 1.29 is 0 Å². The molecule has 0 saturated carbocycles. The summed E-state index contributed by atoms with van der Waals surface area (Å²) in [5.41, 5.74) is 1.44. The Kier molecular flexibility index (Phi) is 4.03. The summed E-state index contributed by atoms with van der Waals surface area (Å²) >= 11 is 29.0. The highest BCUT2D eigenvalue weighted by molar-refractivity contribution is 6.50. The fourth-order valence-electron chi connectivity index (χ4n) is 0.995. The predicted octanol–water partition coefficient (Wildman–Crippen LogP) is 5.43. The molecule has 0 amide bonds. The molecule has 0 nitrogen and oxygen atoms in total. The summed E-state index contributed by atoms with van der Waals surface area (Å²) < 4.78 is 0. The molecule has 0 saturated heterocycles. The Morgan fingerprint density at radius 2 is 1.62 bits per heavy atom. The second kappa shape index (κ2) is 4.46. The molecule has 0 radical (unpaired) electrons. The van der Waals surface area contributed by atoms with Crippen molar-refractivity contribution >= 4 is 58.0 Å². The lowest BCUT2D eigenvalue weighted by Gasteiger charge is -2.11. The van der Waals surface area contributed by atoms with E-state index in [4.69, 9.17) is 58.0 Å². The molecule has 1 aromatic rings. The highest BCUT2D eigenvalue weighted by Crippen LogP contribution is 2.41. The largest absolute Gasteiger partial charge is 0.134 e. The monoisotopic (exact) mass is 276 g/mol. The first-order chi connectivity index (χ1) is 5.95. The normalized spacial score (nSPS) is 11.0. The lowest BCUT2D eigenvalue weighted by atomic mass is 10.1. The van der Waals surface area contributed by atoms with Crippen LogP contribution in [0.3, 0.4) is 0 Å². The van der Waals surface area contributed by atoms with Crippen LogP contribution in [0.15, 0.2) is 6.07 Å². The third-order valence-electron chi connectivity index (χ3n) is 1.63. The Labute approximate surface area is 102 Å². The van der Waals surface area contributed by atoms with Crippen LogP contribution in [-0.4, -0.2) is 0 Å². The van der Waals surface area contributed by atoms with E-state index in [1.807, 2.05) is 6.92 Å². The highest BCUT2D eigenvalue weighted by Gasteiger charge is 2.16. The first-order valence-electron chi connectivity index (χ1n) is 3.37. The summed E-state index contributed by atoms with van der Waals surface area (Å²) in [7, 11) is 0. The second-order valence-corrected chi connectivity index (χ2v) is 4.78. The molecule has 0 fully saturated rings. The SMILES string of the molecule is Cc1cc(Cl)c(Cl)c(Cl)c1C(Cl)Cl. The van der Waals surface area contributed by atoms with E-state index in [0.717, 1.165) is 5.56 Å². The number of aryl methyl sites for hydroxylation is 1. The summed E-state index contributed by atoms with van der Waals surface area (Å²) in [6, 6.07) is 1.68. The molecule has 0 heterocycles. The molecule has 0 atom stereocenters. The van der Waals surface area contributed by atoms with Crippen LogP contribution in [0.4, 0.5) is 0 Å². The molecule has 0 aliphatic heterocycles. The summed E-state index contributed by atoms with van der Waals surface area (Å²) in [6.07, 6.45) is 0. The van der Waals surface area contributed by atoms with E-state index in [2.05, 4.69) is 0 Å². The van der Waals surface area contributed by atoms with E-state index in [1.165, 1.54) is 0 Å². The second-order valence-electron chi connectivity index (χ2n) is 2.52. The first-order valence-corrected chi connectivity index (χ1v) is 5.38. The zero-order chi connectivity index (χ0) is 10.2. The standard InChI is InChI=1S/C8H5Cl5/c1-3-2-4(9)6(10)7(11)5(3)8(12)13/h2,8H,1H3. The van der Waals surface area contributed by atoms with Gasteiger partial charge in [0, 0.05) is 5.56 Å². The number of hydrogen-bond donors (Lipinski definition) is 0. The Morgan fingerprint density at radius 1 is 1.08 bits per heavy atom. The maximum atomic E-state index is 5.91. The Balaban J connectivity index is 3.44. The highest BCUT2D eigenvalue weighted by atomic mass is 35.5. The minimum absolute atomic E-state index is 0.287. The van der Waals surface area contributed by atoms with Gasteiger partial charge >= 0.3 is 0 Å². The number of alkyl halides is 2. The molecule has 72 valence electrons. The van der Waals surface area contributed by atoms with Crippen LogP contribution in [0.2, 0.25) is 15.1 Å². The van der Waals surface area contributed by atoms with E-state index < -0.39 is 4.84 Å². The third kappa shape index (κ3) is 2.37. The summed E-state index contributed by atoms with van der Waals surface area (Å²) in [6.45, 7) is 1.82. The maximum absolute atomic E-state index is 5.91. The van der Waals surface area contributed by atoms with Crippen LogP contribution in [0, 0.1) is 6.92 Å². The van der Waals surface area contributed by atoms with E-state index in [-0.39, 0.29) is 5.02 Å². The zero-order valence-electron chi connectivity index (χ0n) is 6.54. The molecule has 5 heteroatoms. The van der Waals surface area contributed by atoms with Crippen LogP contribution in [0.5, 0.6) is 0 Å². The number of benzene rings is 1. The van der Waals surface area contributed by atoms with Crippen molar-refractivity contribution in [2.75, 3.05) is 0 Å². The number of halogens is 5. The molecule has 0 aliphatic carbocycles. The smallest absolute Gasteiger partial charge is 0.1000 e. The zero-order valence-corrected chi connectivity index (χ0v) is 10.3. The van der Waals surface area contributed by atoms with Crippen LogP contribution in [0.1, 0.15) is 16.0 Å². The average molecular weight is 278 g/mol. The fraction of sp³-hybridized carbons (Fsp3) is 0.250. The van der Waals surface area contributed by atoms with Crippen molar-refractivity contribution in [2.24, 2.45) is 0 Å². The van der Waals surface area contributed by atoms with Gasteiger partial charge in [0.05, 0.1) is 15.1 Å². The van der Waals surface area contributed by atoms with Gasteiger partial charge in [-0.05, 0) is 18.6 Å². The van der Waals surface area contributed by atoms with Gasteiger partial charge in [-0.15, -0.1) is 0 Å². The van der Waals surface area contributed by atoms with Gasteiger partial charge in [0.1, 0.15) is 4.84 Å². The van der Waals surface area contributed by atoms with Gasteiger partial charge in [-0.1, -0.05) is 58.0 Å². The van der Waals surface area contributed by atoms with Crippen molar-refractivity contribution in [3.05, 3.63) is 32.3 Å². The molecule has 0 N–H and O–H groups in total. The van der Waals surface area contributed by atoms with E-state index in [9.17, 15) is 0 Å². The van der Waals surface area contributed by atoms with Crippen LogP contribution >= 0.6 is 58.0 Å². The van der Waals surface area contributed by atoms with E-state index >= 15 is 0 Å². The van der Waals surface area contributed by atoms with Crippen LogP contribution < -0.4 is 0 Å². The van der Waals surface area contributed by atoms with E-state index in [0.29, 0.717) is 15.6 Å². The summed E-state index contributed by atoms with van der Waals surface area (Å²) in [5.74, 6) is 0. The number of rotatable bonds is 1. The Hall–Kier alpha value is 0.670. The van der Waals surface area contributed by atoms with Crippen molar-refractivity contribution in [2.45, 2.75) is 11.8 Å². The molecule has 0 aliphatic rings. The molecule has 0 bridgehead atoms. The average Bonchev–Trinajstić information content (AvgIpc) is 1.99. The first kappa shape index (κ1) is 11.7. The predicted molar refractivity (Wildman–Crippen MR) is 60.7 cm³/mol. The van der Waals surface area contributed by atoms with Gasteiger partial charge < -0.3 is 0 Å².